The summed E-state index contributed by atoms with van der Waals surface area (Å²) in [6, 6.07) is 18.4. The van der Waals surface area contributed by atoms with Crippen LogP contribution >= 0.6 is 0 Å². The largest absolute Gasteiger partial charge is 0.497 e. The number of allylic oxidation sites excluding steroid dienone is 1. The molecular weight excluding hydrogens is 398 g/mol. The van der Waals surface area contributed by atoms with Crippen LogP contribution in [0, 0.1) is 6.92 Å². The zero-order valence-electron chi connectivity index (χ0n) is 16.8. The van der Waals surface area contributed by atoms with Gasteiger partial charge in [-0.25, -0.2) is 8.42 Å². The Morgan fingerprint density at radius 3 is 2.30 bits per heavy atom. The van der Waals surface area contributed by atoms with Crippen LogP contribution < -0.4 is 9.04 Å². The van der Waals surface area contributed by atoms with Crippen molar-refractivity contribution in [1.82, 2.24) is 0 Å². The molecule has 1 heterocycles. The zero-order chi connectivity index (χ0) is 21.5. The summed E-state index contributed by atoms with van der Waals surface area (Å²) in [5, 5.41) is 0. The van der Waals surface area contributed by atoms with Crippen molar-refractivity contribution in [3.8, 4) is 5.75 Å². The number of amides is 1. The number of carbonyl (C=O) groups is 1. The van der Waals surface area contributed by atoms with Gasteiger partial charge in [-0.3, -0.25) is 4.79 Å². The van der Waals surface area contributed by atoms with E-state index in [-0.39, 0.29) is 4.90 Å². The van der Waals surface area contributed by atoms with Gasteiger partial charge in [0.2, 0.25) is 0 Å². The molecule has 0 saturated heterocycles. The fraction of sp³-hybridized carbons (Fsp3) is 0.125. The van der Waals surface area contributed by atoms with Gasteiger partial charge in [-0.2, -0.15) is 4.31 Å². The Bertz CT molecular complexity index is 1260. The summed E-state index contributed by atoms with van der Waals surface area (Å²) >= 11 is 0. The molecule has 0 atom stereocenters. The lowest BCUT2D eigenvalue weighted by molar-refractivity contribution is 0.100. The van der Waals surface area contributed by atoms with Crippen LogP contribution in [0.2, 0.25) is 0 Å². The van der Waals surface area contributed by atoms with Crippen molar-refractivity contribution in [3.05, 3.63) is 95.6 Å². The van der Waals surface area contributed by atoms with Gasteiger partial charge in [-0.05, 0) is 66.4 Å². The molecule has 3 aromatic rings. The molecule has 0 unspecified atom stereocenters. The number of ether oxygens (including phenoxy) is 1. The maximum atomic E-state index is 13.6. The molecule has 3 aromatic carbocycles. The summed E-state index contributed by atoms with van der Waals surface area (Å²) in [7, 11) is -2.60. The van der Waals surface area contributed by atoms with Gasteiger partial charge in [0, 0.05) is 5.56 Å². The molecule has 0 aromatic heterocycles. The minimum atomic E-state index is -4.15. The second kappa shape index (κ2) is 7.46. The van der Waals surface area contributed by atoms with Crippen LogP contribution in [0.4, 0.5) is 5.69 Å². The second-order valence-electron chi connectivity index (χ2n) is 7.21. The Hall–Kier alpha value is -3.38. The third-order valence-electron chi connectivity index (χ3n) is 5.19. The van der Waals surface area contributed by atoms with Gasteiger partial charge in [0.15, 0.2) is 0 Å². The lowest BCUT2D eigenvalue weighted by atomic mass is 9.92. The maximum absolute atomic E-state index is 13.6. The highest BCUT2D eigenvalue weighted by molar-refractivity contribution is 7.93. The molecule has 4 rings (SSSR count). The lowest BCUT2D eigenvalue weighted by Crippen LogP contribution is -2.39. The Morgan fingerprint density at radius 1 is 0.967 bits per heavy atom. The van der Waals surface area contributed by atoms with E-state index in [0.29, 0.717) is 34.5 Å². The molecule has 1 amide bonds. The minimum Gasteiger partial charge on any atom is -0.497 e. The second-order valence-corrected chi connectivity index (χ2v) is 8.99. The standard InChI is InChI=1S/C24H21NO4S/c1-16-8-11-20(12-9-16)30(27,28)25-23-13-10-19(29-3)15-18(23)14-17(2)21-6-4-5-7-22(21)24(25)26/h4-13,15H,2,14H2,1,3H3. The Morgan fingerprint density at radius 2 is 1.63 bits per heavy atom. The van der Waals surface area contributed by atoms with Crippen molar-refractivity contribution >= 4 is 27.2 Å². The zero-order valence-corrected chi connectivity index (χ0v) is 17.6. The number of carbonyl (C=O) groups excluding carboxylic acids is 1. The molecule has 152 valence electrons. The Labute approximate surface area is 176 Å². The van der Waals surface area contributed by atoms with Gasteiger partial charge in [-0.1, -0.05) is 42.5 Å². The first-order valence-corrected chi connectivity index (χ1v) is 10.9. The number of anilines is 1. The van der Waals surface area contributed by atoms with Crippen molar-refractivity contribution in [1.29, 1.82) is 0 Å². The first kappa shape index (κ1) is 19.9. The molecule has 0 saturated carbocycles. The van der Waals surface area contributed by atoms with Crippen LogP contribution in [-0.4, -0.2) is 21.4 Å². The van der Waals surface area contributed by atoms with Gasteiger partial charge in [0.1, 0.15) is 5.75 Å². The summed E-state index contributed by atoms with van der Waals surface area (Å²) in [4.78, 5) is 13.7. The van der Waals surface area contributed by atoms with E-state index in [0.717, 1.165) is 15.4 Å². The van der Waals surface area contributed by atoms with Crippen molar-refractivity contribution < 1.29 is 17.9 Å². The third kappa shape index (κ3) is 3.29. The number of methoxy groups -OCH3 is 1. The van der Waals surface area contributed by atoms with Gasteiger partial charge >= 0.3 is 0 Å². The predicted octanol–water partition coefficient (Wildman–Crippen LogP) is 4.61. The summed E-state index contributed by atoms with van der Waals surface area (Å²) < 4.78 is 33.5. The van der Waals surface area contributed by atoms with Crippen LogP contribution in [0.5, 0.6) is 5.75 Å². The van der Waals surface area contributed by atoms with Crippen LogP contribution in [0.15, 0.2) is 78.2 Å². The predicted molar refractivity (Wildman–Crippen MR) is 117 cm³/mol. The van der Waals surface area contributed by atoms with E-state index < -0.39 is 15.9 Å². The third-order valence-corrected chi connectivity index (χ3v) is 6.90. The smallest absolute Gasteiger partial charge is 0.272 e. The summed E-state index contributed by atoms with van der Waals surface area (Å²) in [6.45, 7) is 6.02. The number of hydrogen-bond donors (Lipinski definition) is 0. The molecule has 0 radical (unpaired) electrons. The van der Waals surface area contributed by atoms with Crippen molar-refractivity contribution in [3.63, 3.8) is 0 Å². The van der Waals surface area contributed by atoms with Crippen LogP contribution in [0.1, 0.15) is 27.0 Å². The van der Waals surface area contributed by atoms with Crippen LogP contribution in [0.25, 0.3) is 5.57 Å². The molecule has 0 aliphatic carbocycles. The normalized spacial score (nSPS) is 13.9. The number of nitrogens with zero attached hydrogens (tertiary/aromatic N) is 1. The van der Waals surface area contributed by atoms with E-state index in [1.807, 2.05) is 13.0 Å². The van der Waals surface area contributed by atoms with E-state index in [1.165, 1.54) is 12.1 Å². The average Bonchev–Trinajstić information content (AvgIpc) is 2.74. The van der Waals surface area contributed by atoms with Crippen molar-refractivity contribution in [2.75, 3.05) is 11.4 Å². The molecule has 30 heavy (non-hydrogen) atoms. The van der Waals surface area contributed by atoms with E-state index in [1.54, 1.807) is 55.6 Å². The minimum absolute atomic E-state index is 0.0556. The van der Waals surface area contributed by atoms with E-state index >= 15 is 0 Å². The Balaban J connectivity index is 1.99. The quantitative estimate of drug-likeness (QED) is 0.622. The monoisotopic (exact) mass is 419 g/mol. The highest BCUT2D eigenvalue weighted by Crippen LogP contribution is 2.37. The molecule has 1 aliphatic rings. The van der Waals surface area contributed by atoms with E-state index in [4.69, 9.17) is 4.74 Å². The molecule has 0 N–H and O–H groups in total. The maximum Gasteiger partial charge on any atom is 0.272 e. The number of hydrogen-bond acceptors (Lipinski definition) is 4. The van der Waals surface area contributed by atoms with Gasteiger partial charge < -0.3 is 4.74 Å². The summed E-state index contributed by atoms with van der Waals surface area (Å²) in [6.07, 6.45) is 0.386. The van der Waals surface area contributed by atoms with Gasteiger partial charge in [-0.15, -0.1) is 0 Å². The summed E-state index contributed by atoms with van der Waals surface area (Å²) in [5.41, 5.74) is 3.57. The molecule has 1 aliphatic heterocycles. The molecular formula is C24H21NO4S. The number of fused-ring (bicyclic) bond motifs is 2. The topological polar surface area (TPSA) is 63.7 Å². The highest BCUT2D eigenvalue weighted by Gasteiger charge is 2.36. The fourth-order valence-electron chi connectivity index (χ4n) is 3.60. The van der Waals surface area contributed by atoms with E-state index in [2.05, 4.69) is 6.58 Å². The molecule has 0 fully saturated rings. The fourth-order valence-corrected chi connectivity index (χ4v) is 5.05. The Kier molecular flexibility index (Phi) is 4.95. The van der Waals surface area contributed by atoms with Crippen molar-refractivity contribution in [2.45, 2.75) is 18.2 Å². The average molecular weight is 420 g/mol. The summed E-state index contributed by atoms with van der Waals surface area (Å²) in [5.74, 6) is -0.0333. The van der Waals surface area contributed by atoms with E-state index in [9.17, 15) is 13.2 Å². The first-order chi connectivity index (χ1) is 14.3. The number of rotatable bonds is 3. The molecule has 6 heteroatoms. The number of benzene rings is 3. The highest BCUT2D eigenvalue weighted by atomic mass is 32.2. The van der Waals surface area contributed by atoms with Crippen LogP contribution in [0.3, 0.4) is 0 Å². The number of aryl methyl sites for hydroxylation is 1. The number of sulfonamides is 1. The molecule has 5 nitrogen and oxygen atoms in total. The molecule has 0 bridgehead atoms. The van der Waals surface area contributed by atoms with Crippen molar-refractivity contribution in [2.24, 2.45) is 0 Å². The lowest BCUT2D eigenvalue weighted by Gasteiger charge is -2.29. The first-order valence-electron chi connectivity index (χ1n) is 9.43. The van der Waals surface area contributed by atoms with Gasteiger partial charge in [0.05, 0.1) is 17.7 Å². The molecule has 0 spiro atoms. The SMILES string of the molecule is C=C1Cc2cc(OC)ccc2N(S(=O)(=O)c2ccc(C)cc2)C(=O)c2ccccc21. The van der Waals surface area contributed by atoms with Gasteiger partial charge in [0.25, 0.3) is 15.9 Å². The van der Waals surface area contributed by atoms with Crippen LogP contribution in [-0.2, 0) is 16.4 Å².